The molecule has 0 saturated carbocycles. The van der Waals surface area contributed by atoms with Gasteiger partial charge in [-0.1, -0.05) is 6.92 Å². The standard InChI is InChI=1S/C11H18N4O2S/c1-8(10(12)13)7-15(2)11-9(18(3,16)17)5-4-6-14-11/h4-6,8H,7H2,1-3H3,(H3,12,13). The van der Waals surface area contributed by atoms with Crippen LogP contribution in [0.5, 0.6) is 0 Å². The highest BCUT2D eigenvalue weighted by Crippen LogP contribution is 2.21. The van der Waals surface area contributed by atoms with Crippen LogP contribution in [0.3, 0.4) is 0 Å². The van der Waals surface area contributed by atoms with E-state index in [9.17, 15) is 8.42 Å². The van der Waals surface area contributed by atoms with Crippen LogP contribution in [0.1, 0.15) is 6.92 Å². The molecule has 1 aromatic heterocycles. The second-order valence-corrected chi connectivity index (χ2v) is 6.32. The molecule has 3 N–H and O–H groups in total. The van der Waals surface area contributed by atoms with Gasteiger partial charge in [-0.05, 0) is 12.1 Å². The average molecular weight is 270 g/mol. The lowest BCUT2D eigenvalue weighted by atomic mass is 10.1. The topological polar surface area (TPSA) is 100 Å². The summed E-state index contributed by atoms with van der Waals surface area (Å²) in [5.41, 5.74) is 5.40. The molecule has 6 nitrogen and oxygen atoms in total. The summed E-state index contributed by atoms with van der Waals surface area (Å²) in [6.07, 6.45) is 2.69. The molecule has 0 aliphatic carbocycles. The Bertz CT molecular complexity index is 542. The first-order chi connectivity index (χ1) is 8.23. The van der Waals surface area contributed by atoms with E-state index in [1.54, 1.807) is 24.2 Å². The van der Waals surface area contributed by atoms with Gasteiger partial charge in [0.05, 0.1) is 5.84 Å². The molecule has 0 radical (unpaired) electrons. The minimum Gasteiger partial charge on any atom is -0.387 e. The maximum absolute atomic E-state index is 11.6. The van der Waals surface area contributed by atoms with Crippen molar-refractivity contribution in [3.63, 3.8) is 0 Å². The maximum atomic E-state index is 11.6. The van der Waals surface area contributed by atoms with Gasteiger partial charge in [-0.25, -0.2) is 13.4 Å². The first-order valence-corrected chi connectivity index (χ1v) is 7.32. The third-order valence-corrected chi connectivity index (χ3v) is 3.71. The number of rotatable bonds is 5. The van der Waals surface area contributed by atoms with Crippen molar-refractivity contribution < 1.29 is 8.42 Å². The zero-order chi connectivity index (χ0) is 13.9. The van der Waals surface area contributed by atoms with Crippen LogP contribution in [0, 0.1) is 11.3 Å². The van der Waals surface area contributed by atoms with Gasteiger partial charge < -0.3 is 10.6 Å². The molecule has 1 aromatic rings. The number of sulfone groups is 1. The predicted octanol–water partition coefficient (Wildman–Crippen LogP) is 0.493. The van der Waals surface area contributed by atoms with Crippen LogP contribution >= 0.6 is 0 Å². The zero-order valence-corrected chi connectivity index (χ0v) is 11.5. The summed E-state index contributed by atoms with van der Waals surface area (Å²) < 4.78 is 23.3. The van der Waals surface area contributed by atoms with Crippen LogP contribution < -0.4 is 10.6 Å². The number of aromatic nitrogens is 1. The molecule has 0 aliphatic rings. The number of amidine groups is 1. The number of nitrogens with one attached hydrogen (secondary N) is 1. The fraction of sp³-hybridized carbons (Fsp3) is 0.455. The fourth-order valence-corrected chi connectivity index (χ4v) is 2.42. The van der Waals surface area contributed by atoms with Crippen molar-refractivity contribution in [1.29, 1.82) is 5.41 Å². The molecule has 1 heterocycles. The van der Waals surface area contributed by atoms with E-state index >= 15 is 0 Å². The second-order valence-electron chi connectivity index (χ2n) is 4.33. The molecule has 1 atom stereocenters. The van der Waals surface area contributed by atoms with Gasteiger partial charge in [-0.2, -0.15) is 0 Å². The summed E-state index contributed by atoms with van der Waals surface area (Å²) in [5, 5.41) is 7.35. The van der Waals surface area contributed by atoms with E-state index in [1.165, 1.54) is 6.07 Å². The van der Waals surface area contributed by atoms with E-state index in [-0.39, 0.29) is 16.6 Å². The molecule has 1 rings (SSSR count). The molecule has 7 heteroatoms. The van der Waals surface area contributed by atoms with Crippen molar-refractivity contribution in [1.82, 2.24) is 4.98 Å². The van der Waals surface area contributed by atoms with Crippen LogP contribution in [0.4, 0.5) is 5.82 Å². The highest BCUT2D eigenvalue weighted by atomic mass is 32.2. The number of hydrogen-bond acceptors (Lipinski definition) is 5. The van der Waals surface area contributed by atoms with E-state index in [0.717, 1.165) is 6.26 Å². The monoisotopic (exact) mass is 270 g/mol. The van der Waals surface area contributed by atoms with Gasteiger partial charge in [0.1, 0.15) is 10.7 Å². The van der Waals surface area contributed by atoms with Crippen LogP contribution in [-0.2, 0) is 9.84 Å². The Balaban J connectivity index is 3.07. The van der Waals surface area contributed by atoms with Crippen molar-refractivity contribution in [2.45, 2.75) is 11.8 Å². The molecule has 0 amide bonds. The first kappa shape index (κ1) is 14.4. The molecule has 0 bridgehead atoms. The van der Waals surface area contributed by atoms with Gasteiger partial charge in [-0.15, -0.1) is 0 Å². The van der Waals surface area contributed by atoms with Gasteiger partial charge in [0.2, 0.25) is 0 Å². The van der Waals surface area contributed by atoms with Gasteiger partial charge in [-0.3, -0.25) is 5.41 Å². The van der Waals surface area contributed by atoms with Crippen molar-refractivity contribution in [3.05, 3.63) is 18.3 Å². The Morgan fingerprint density at radius 3 is 2.72 bits per heavy atom. The Morgan fingerprint density at radius 2 is 2.22 bits per heavy atom. The minimum atomic E-state index is -3.32. The third kappa shape index (κ3) is 3.43. The first-order valence-electron chi connectivity index (χ1n) is 5.43. The Morgan fingerprint density at radius 1 is 1.61 bits per heavy atom. The molecule has 1 unspecified atom stereocenters. The Hall–Kier alpha value is -1.63. The lowest BCUT2D eigenvalue weighted by molar-refractivity contribution is 0.600. The van der Waals surface area contributed by atoms with Crippen LogP contribution in [-0.4, -0.2) is 39.1 Å². The Labute approximate surface area is 107 Å². The van der Waals surface area contributed by atoms with Gasteiger partial charge in [0.25, 0.3) is 0 Å². The molecule has 0 aliphatic heterocycles. The van der Waals surface area contributed by atoms with E-state index in [4.69, 9.17) is 11.1 Å². The molecule has 0 spiro atoms. The molecule has 0 saturated heterocycles. The predicted molar refractivity (Wildman–Crippen MR) is 71.7 cm³/mol. The number of hydrogen-bond donors (Lipinski definition) is 2. The average Bonchev–Trinajstić information content (AvgIpc) is 2.27. The fourth-order valence-electron chi connectivity index (χ4n) is 1.55. The van der Waals surface area contributed by atoms with Gasteiger partial charge >= 0.3 is 0 Å². The SMILES string of the molecule is CC(CN(C)c1ncccc1S(C)(=O)=O)C(=N)N. The number of anilines is 1. The van der Waals surface area contributed by atoms with Crippen LogP contribution in [0.2, 0.25) is 0 Å². The second kappa shape index (κ2) is 5.34. The molecular formula is C11H18N4O2S. The van der Waals surface area contributed by atoms with E-state index in [1.807, 2.05) is 6.92 Å². The number of nitrogens with zero attached hydrogens (tertiary/aromatic N) is 2. The lowest BCUT2D eigenvalue weighted by Crippen LogP contribution is -2.33. The summed E-state index contributed by atoms with van der Waals surface area (Å²) in [4.78, 5) is 5.97. The molecule has 0 fully saturated rings. The number of nitrogens with two attached hydrogens (primary N) is 1. The summed E-state index contributed by atoms with van der Waals surface area (Å²) in [7, 11) is -1.59. The van der Waals surface area contributed by atoms with E-state index < -0.39 is 9.84 Å². The van der Waals surface area contributed by atoms with E-state index in [2.05, 4.69) is 4.98 Å². The smallest absolute Gasteiger partial charge is 0.179 e. The highest BCUT2D eigenvalue weighted by Gasteiger charge is 2.18. The summed E-state index contributed by atoms with van der Waals surface area (Å²) in [5.74, 6) is 0.288. The van der Waals surface area contributed by atoms with Crippen molar-refractivity contribution >= 4 is 21.5 Å². The normalized spacial score (nSPS) is 13.1. The molecular weight excluding hydrogens is 252 g/mol. The quantitative estimate of drug-likeness (QED) is 0.599. The molecule has 0 aromatic carbocycles. The summed E-state index contributed by atoms with van der Waals surface area (Å²) in [6, 6.07) is 3.11. The zero-order valence-electron chi connectivity index (χ0n) is 10.7. The Kier molecular flexibility index (Phi) is 4.28. The van der Waals surface area contributed by atoms with Crippen molar-refractivity contribution in [2.75, 3.05) is 24.7 Å². The lowest BCUT2D eigenvalue weighted by Gasteiger charge is -2.23. The minimum absolute atomic E-state index is 0.0682. The molecule has 18 heavy (non-hydrogen) atoms. The van der Waals surface area contributed by atoms with Crippen molar-refractivity contribution in [2.24, 2.45) is 11.7 Å². The molecule has 100 valence electrons. The van der Waals surface area contributed by atoms with Gasteiger partial charge in [0.15, 0.2) is 9.84 Å². The third-order valence-electron chi connectivity index (χ3n) is 2.59. The van der Waals surface area contributed by atoms with Crippen LogP contribution in [0.25, 0.3) is 0 Å². The maximum Gasteiger partial charge on any atom is 0.179 e. The van der Waals surface area contributed by atoms with E-state index in [0.29, 0.717) is 12.4 Å². The number of pyridine rings is 1. The van der Waals surface area contributed by atoms with Crippen LogP contribution in [0.15, 0.2) is 23.2 Å². The summed E-state index contributed by atoms with van der Waals surface area (Å²) in [6.45, 7) is 2.25. The largest absolute Gasteiger partial charge is 0.387 e. The van der Waals surface area contributed by atoms with Crippen molar-refractivity contribution in [3.8, 4) is 0 Å². The summed E-state index contributed by atoms with van der Waals surface area (Å²) >= 11 is 0. The highest BCUT2D eigenvalue weighted by molar-refractivity contribution is 7.90. The van der Waals surface area contributed by atoms with Gasteiger partial charge in [0, 0.05) is 32.0 Å².